The molecule has 0 bridgehead atoms. The minimum absolute atomic E-state index is 0.255. The molecule has 0 saturated carbocycles. The lowest BCUT2D eigenvalue weighted by Crippen LogP contribution is -2.26. The van der Waals surface area contributed by atoms with Gasteiger partial charge in [0, 0.05) is 18.0 Å². The van der Waals surface area contributed by atoms with Crippen molar-refractivity contribution in [1.82, 2.24) is 15.0 Å². The highest BCUT2D eigenvalue weighted by Crippen LogP contribution is 2.31. The summed E-state index contributed by atoms with van der Waals surface area (Å²) < 4.78 is 5.98. The number of fused-ring (bicyclic) bond motifs is 1. The Morgan fingerprint density at radius 3 is 2.38 bits per heavy atom. The Hall–Kier alpha value is -2.20. The van der Waals surface area contributed by atoms with E-state index in [1.54, 1.807) is 12.4 Å². The molecule has 2 aromatic heterocycles. The van der Waals surface area contributed by atoms with Crippen molar-refractivity contribution < 1.29 is 4.74 Å². The number of aromatic nitrogens is 3. The zero-order chi connectivity index (χ0) is 14.9. The van der Waals surface area contributed by atoms with Crippen molar-refractivity contribution in [2.24, 2.45) is 0 Å². The molecule has 3 aromatic rings. The van der Waals surface area contributed by atoms with E-state index in [1.165, 1.54) is 0 Å². The van der Waals surface area contributed by atoms with Gasteiger partial charge in [-0.15, -0.1) is 0 Å². The third kappa shape index (κ3) is 2.81. The molecule has 1 aromatic carbocycles. The zero-order valence-corrected chi connectivity index (χ0v) is 12.5. The predicted octanol–water partition coefficient (Wildman–Crippen LogP) is 3.99. The van der Waals surface area contributed by atoms with Gasteiger partial charge in [0.2, 0.25) is 0 Å². The Morgan fingerprint density at radius 2 is 1.71 bits per heavy atom. The maximum Gasteiger partial charge on any atom is 0.253 e. The van der Waals surface area contributed by atoms with E-state index in [0.29, 0.717) is 5.88 Å². The summed E-state index contributed by atoms with van der Waals surface area (Å²) in [5, 5.41) is 0.255. The molecule has 0 unspecified atom stereocenters. The van der Waals surface area contributed by atoms with E-state index in [4.69, 9.17) is 16.3 Å². The van der Waals surface area contributed by atoms with Crippen LogP contribution in [0.1, 0.15) is 19.4 Å². The molecule has 0 N–H and O–H groups in total. The fraction of sp³-hybridized carbons (Fsp3) is 0.188. The van der Waals surface area contributed by atoms with Crippen LogP contribution in [0, 0.1) is 0 Å². The molecule has 0 aliphatic heterocycles. The number of rotatable bonds is 3. The molecule has 5 heteroatoms. The molecule has 0 aliphatic carbocycles. The second-order valence-corrected chi connectivity index (χ2v) is 5.52. The molecule has 0 radical (unpaired) electrons. The van der Waals surface area contributed by atoms with Gasteiger partial charge in [0.1, 0.15) is 5.60 Å². The SMILES string of the molecule is CC(C)(Oc1nc2ccccc2nc1Cl)c1cccnc1. The van der Waals surface area contributed by atoms with E-state index in [2.05, 4.69) is 15.0 Å². The van der Waals surface area contributed by atoms with Crippen LogP contribution in [0.3, 0.4) is 0 Å². The van der Waals surface area contributed by atoms with Gasteiger partial charge >= 0.3 is 0 Å². The first-order chi connectivity index (χ1) is 10.1. The number of pyridine rings is 1. The molecule has 0 saturated heterocycles. The highest BCUT2D eigenvalue weighted by atomic mass is 35.5. The third-order valence-electron chi connectivity index (χ3n) is 3.21. The van der Waals surface area contributed by atoms with Crippen molar-refractivity contribution in [2.45, 2.75) is 19.4 Å². The summed E-state index contributed by atoms with van der Waals surface area (Å²) in [6, 6.07) is 11.4. The molecule has 0 spiro atoms. The maximum atomic E-state index is 6.18. The first-order valence-corrected chi connectivity index (χ1v) is 6.96. The summed E-state index contributed by atoms with van der Waals surface area (Å²) >= 11 is 6.18. The molecule has 4 nitrogen and oxygen atoms in total. The second kappa shape index (κ2) is 5.30. The minimum atomic E-state index is -0.602. The van der Waals surface area contributed by atoms with Crippen molar-refractivity contribution in [2.75, 3.05) is 0 Å². The number of ether oxygens (including phenoxy) is 1. The lowest BCUT2D eigenvalue weighted by molar-refractivity contribution is 0.102. The summed E-state index contributed by atoms with van der Waals surface area (Å²) in [6.07, 6.45) is 3.49. The summed E-state index contributed by atoms with van der Waals surface area (Å²) in [5.41, 5.74) is 1.83. The monoisotopic (exact) mass is 299 g/mol. The average Bonchev–Trinajstić information content (AvgIpc) is 2.49. The minimum Gasteiger partial charge on any atom is -0.464 e. The van der Waals surface area contributed by atoms with Gasteiger partial charge in [-0.25, -0.2) is 9.97 Å². The van der Waals surface area contributed by atoms with Crippen LogP contribution in [0.2, 0.25) is 5.15 Å². The Labute approximate surface area is 127 Å². The number of halogens is 1. The summed E-state index contributed by atoms with van der Waals surface area (Å²) in [7, 11) is 0. The van der Waals surface area contributed by atoms with Crippen LogP contribution in [0.25, 0.3) is 11.0 Å². The van der Waals surface area contributed by atoms with Crippen molar-refractivity contribution >= 4 is 22.6 Å². The standard InChI is InChI=1S/C16H14ClN3O/c1-16(2,11-6-5-9-18-10-11)21-15-14(17)19-12-7-3-4-8-13(12)20-15/h3-10H,1-2H3. The molecular weight excluding hydrogens is 286 g/mol. The smallest absolute Gasteiger partial charge is 0.253 e. The Bertz CT molecular complexity index is 775. The molecule has 3 rings (SSSR count). The zero-order valence-electron chi connectivity index (χ0n) is 11.7. The fourth-order valence-corrected chi connectivity index (χ4v) is 2.22. The molecule has 106 valence electrons. The number of benzene rings is 1. The van der Waals surface area contributed by atoms with Gasteiger partial charge < -0.3 is 4.74 Å². The highest BCUT2D eigenvalue weighted by molar-refractivity contribution is 6.31. The van der Waals surface area contributed by atoms with E-state index in [9.17, 15) is 0 Å². The number of hydrogen-bond acceptors (Lipinski definition) is 4. The van der Waals surface area contributed by atoms with Gasteiger partial charge in [-0.3, -0.25) is 4.98 Å². The van der Waals surface area contributed by atoms with E-state index in [1.807, 2.05) is 50.2 Å². The number of nitrogens with zero attached hydrogens (tertiary/aromatic N) is 3. The second-order valence-electron chi connectivity index (χ2n) is 5.16. The highest BCUT2D eigenvalue weighted by Gasteiger charge is 2.25. The van der Waals surface area contributed by atoms with Gasteiger partial charge in [-0.2, -0.15) is 0 Å². The van der Waals surface area contributed by atoms with E-state index < -0.39 is 5.60 Å². The molecule has 0 fully saturated rings. The van der Waals surface area contributed by atoms with Gasteiger partial charge in [0.15, 0.2) is 5.15 Å². The van der Waals surface area contributed by atoms with Crippen LogP contribution in [0.5, 0.6) is 5.88 Å². The Balaban J connectivity index is 1.99. The predicted molar refractivity (Wildman–Crippen MR) is 82.4 cm³/mol. The van der Waals surface area contributed by atoms with Gasteiger partial charge in [0.25, 0.3) is 5.88 Å². The van der Waals surface area contributed by atoms with Crippen LogP contribution < -0.4 is 4.74 Å². The number of hydrogen-bond donors (Lipinski definition) is 0. The Kier molecular flexibility index (Phi) is 3.47. The fourth-order valence-electron chi connectivity index (χ4n) is 2.05. The van der Waals surface area contributed by atoms with E-state index in [0.717, 1.165) is 16.6 Å². The topological polar surface area (TPSA) is 47.9 Å². The molecule has 0 atom stereocenters. The number of para-hydroxylation sites is 2. The average molecular weight is 300 g/mol. The first-order valence-electron chi connectivity index (χ1n) is 6.58. The van der Waals surface area contributed by atoms with Gasteiger partial charge in [-0.1, -0.05) is 29.8 Å². The Morgan fingerprint density at radius 1 is 1.00 bits per heavy atom. The quantitative estimate of drug-likeness (QED) is 0.733. The van der Waals surface area contributed by atoms with Gasteiger partial charge in [-0.05, 0) is 32.0 Å². The van der Waals surface area contributed by atoms with Crippen molar-refractivity contribution in [3.05, 3.63) is 59.5 Å². The maximum absolute atomic E-state index is 6.18. The van der Waals surface area contributed by atoms with Crippen LogP contribution in [-0.2, 0) is 5.60 Å². The third-order valence-corrected chi connectivity index (χ3v) is 3.45. The lowest BCUT2D eigenvalue weighted by Gasteiger charge is -2.26. The summed E-state index contributed by atoms with van der Waals surface area (Å²) in [4.78, 5) is 12.9. The normalized spacial score (nSPS) is 11.6. The molecule has 0 amide bonds. The van der Waals surface area contributed by atoms with Crippen molar-refractivity contribution in [3.63, 3.8) is 0 Å². The first kappa shape index (κ1) is 13.8. The van der Waals surface area contributed by atoms with Crippen LogP contribution >= 0.6 is 11.6 Å². The van der Waals surface area contributed by atoms with Crippen molar-refractivity contribution in [1.29, 1.82) is 0 Å². The van der Waals surface area contributed by atoms with Crippen LogP contribution in [0.4, 0.5) is 0 Å². The van der Waals surface area contributed by atoms with Crippen LogP contribution in [-0.4, -0.2) is 15.0 Å². The van der Waals surface area contributed by atoms with Crippen molar-refractivity contribution in [3.8, 4) is 5.88 Å². The lowest BCUT2D eigenvalue weighted by atomic mass is 10.0. The molecule has 0 aliphatic rings. The van der Waals surface area contributed by atoms with Gasteiger partial charge in [0.05, 0.1) is 11.0 Å². The molecule has 21 heavy (non-hydrogen) atoms. The molecular formula is C16H14ClN3O. The summed E-state index contributed by atoms with van der Waals surface area (Å²) in [5.74, 6) is 0.323. The summed E-state index contributed by atoms with van der Waals surface area (Å²) in [6.45, 7) is 3.88. The van der Waals surface area contributed by atoms with Crippen LogP contribution in [0.15, 0.2) is 48.8 Å². The largest absolute Gasteiger partial charge is 0.464 e. The van der Waals surface area contributed by atoms with E-state index >= 15 is 0 Å². The molecule has 2 heterocycles. The van der Waals surface area contributed by atoms with E-state index in [-0.39, 0.29) is 5.15 Å².